The molecule has 2 aromatic heterocycles. The van der Waals surface area contributed by atoms with Crippen molar-refractivity contribution in [3.8, 4) is 11.3 Å². The van der Waals surface area contributed by atoms with E-state index in [-0.39, 0.29) is 11.5 Å². The number of aromatic amines is 1. The van der Waals surface area contributed by atoms with E-state index in [1.165, 1.54) is 4.68 Å². The number of fused-ring (bicyclic) bond motifs is 1. The van der Waals surface area contributed by atoms with Gasteiger partial charge in [-0.25, -0.2) is 4.68 Å². The number of aromatic nitrogens is 4. The average molecular weight is 363 g/mol. The minimum atomic E-state index is -0.254. The van der Waals surface area contributed by atoms with Crippen molar-refractivity contribution in [2.75, 3.05) is 6.54 Å². The molecule has 2 heterocycles. The molecule has 0 saturated heterocycles. The van der Waals surface area contributed by atoms with E-state index in [0.29, 0.717) is 24.5 Å². The summed E-state index contributed by atoms with van der Waals surface area (Å²) < 4.78 is 1.44. The molecule has 0 atom stereocenters. The summed E-state index contributed by atoms with van der Waals surface area (Å²) in [6.45, 7) is 0.668. The van der Waals surface area contributed by atoms with E-state index >= 15 is 0 Å². The normalized spacial score (nSPS) is 13.2. The van der Waals surface area contributed by atoms with Gasteiger partial charge in [0.15, 0.2) is 0 Å². The zero-order chi connectivity index (χ0) is 18.6. The van der Waals surface area contributed by atoms with E-state index in [9.17, 15) is 9.59 Å². The van der Waals surface area contributed by atoms with Crippen LogP contribution in [0.4, 0.5) is 0 Å². The number of H-pyrrole nitrogens is 1. The van der Waals surface area contributed by atoms with E-state index in [4.69, 9.17) is 0 Å². The molecule has 7 nitrogen and oxygen atoms in total. The number of nitrogens with zero attached hydrogens (tertiary/aromatic N) is 3. The van der Waals surface area contributed by atoms with Crippen molar-refractivity contribution < 1.29 is 4.79 Å². The molecule has 1 amide bonds. The highest BCUT2D eigenvalue weighted by Gasteiger charge is 2.14. The molecule has 27 heavy (non-hydrogen) atoms. The molecule has 2 N–H and O–H groups in total. The van der Waals surface area contributed by atoms with Gasteiger partial charge in [0.05, 0.1) is 17.9 Å². The van der Waals surface area contributed by atoms with E-state index in [1.54, 1.807) is 12.1 Å². The molecule has 7 heteroatoms. The molecule has 0 aliphatic heterocycles. The maximum Gasteiger partial charge on any atom is 0.269 e. The van der Waals surface area contributed by atoms with Crippen LogP contribution in [0.25, 0.3) is 11.3 Å². The lowest BCUT2D eigenvalue weighted by molar-refractivity contribution is 0.0946. The number of carbonyl (C=O) groups excluding carboxylic acids is 1. The second kappa shape index (κ2) is 7.57. The van der Waals surface area contributed by atoms with Crippen molar-refractivity contribution >= 4 is 5.91 Å². The molecule has 4 rings (SSSR count). The fraction of sp³-hybridized carbons (Fsp3) is 0.300. The van der Waals surface area contributed by atoms with Gasteiger partial charge in [0.2, 0.25) is 0 Å². The summed E-state index contributed by atoms with van der Waals surface area (Å²) >= 11 is 0. The van der Waals surface area contributed by atoms with Crippen LogP contribution in [0.2, 0.25) is 0 Å². The number of nitrogens with one attached hydrogen (secondary N) is 2. The first-order chi connectivity index (χ1) is 13.2. The van der Waals surface area contributed by atoms with Gasteiger partial charge in [0, 0.05) is 18.2 Å². The summed E-state index contributed by atoms with van der Waals surface area (Å²) in [5.74, 6) is -0.254. The van der Waals surface area contributed by atoms with Gasteiger partial charge in [-0.3, -0.25) is 14.7 Å². The van der Waals surface area contributed by atoms with E-state index in [0.717, 1.165) is 42.5 Å². The number of benzene rings is 1. The van der Waals surface area contributed by atoms with Crippen molar-refractivity contribution in [2.45, 2.75) is 32.2 Å². The van der Waals surface area contributed by atoms with Gasteiger partial charge in [-0.2, -0.15) is 10.2 Å². The first kappa shape index (κ1) is 17.2. The average Bonchev–Trinajstić information content (AvgIpc) is 3.19. The Bertz CT molecular complexity index is 1010. The highest BCUT2D eigenvalue weighted by molar-refractivity contribution is 5.93. The minimum Gasteiger partial charge on any atom is -0.349 e. The van der Waals surface area contributed by atoms with Crippen molar-refractivity contribution in [3.05, 3.63) is 69.8 Å². The van der Waals surface area contributed by atoms with Gasteiger partial charge >= 0.3 is 0 Å². The maximum absolute atomic E-state index is 12.3. The predicted octanol–water partition coefficient (Wildman–Crippen LogP) is 1.94. The summed E-state index contributed by atoms with van der Waals surface area (Å²) in [6, 6.07) is 13.1. The molecule has 1 aliphatic carbocycles. The van der Waals surface area contributed by atoms with Crippen molar-refractivity contribution in [2.24, 2.45) is 0 Å². The van der Waals surface area contributed by atoms with Crippen molar-refractivity contribution in [1.82, 2.24) is 25.3 Å². The quantitative estimate of drug-likeness (QED) is 0.725. The Hall–Kier alpha value is -3.22. The van der Waals surface area contributed by atoms with E-state index in [2.05, 4.69) is 20.6 Å². The molecule has 3 aromatic rings. The number of rotatable bonds is 5. The van der Waals surface area contributed by atoms with Crippen LogP contribution in [0.3, 0.4) is 0 Å². The van der Waals surface area contributed by atoms with Crippen LogP contribution in [0.5, 0.6) is 0 Å². The second-order valence-electron chi connectivity index (χ2n) is 6.67. The SMILES string of the molecule is O=C(NCCn1nc2c(cc1=O)CCCC2)c1cc(-c2ccccc2)n[nH]1. The Morgan fingerprint density at radius 2 is 1.96 bits per heavy atom. The molecule has 0 unspecified atom stereocenters. The van der Waals surface area contributed by atoms with Crippen LogP contribution in [0.1, 0.15) is 34.6 Å². The van der Waals surface area contributed by atoms with Crippen LogP contribution in [-0.2, 0) is 19.4 Å². The zero-order valence-corrected chi connectivity index (χ0v) is 14.9. The summed E-state index contributed by atoms with van der Waals surface area (Å²) in [4.78, 5) is 24.5. The number of carbonyl (C=O) groups is 1. The third-order valence-corrected chi connectivity index (χ3v) is 4.78. The third-order valence-electron chi connectivity index (χ3n) is 4.78. The molecule has 0 saturated carbocycles. The fourth-order valence-corrected chi connectivity index (χ4v) is 3.33. The summed E-state index contributed by atoms with van der Waals surface area (Å²) in [5, 5.41) is 14.2. The van der Waals surface area contributed by atoms with Gasteiger partial charge in [0.25, 0.3) is 11.5 Å². The van der Waals surface area contributed by atoms with Crippen molar-refractivity contribution in [3.63, 3.8) is 0 Å². The lowest BCUT2D eigenvalue weighted by Crippen LogP contribution is -2.33. The Kier molecular flexibility index (Phi) is 4.82. The number of amides is 1. The lowest BCUT2D eigenvalue weighted by Gasteiger charge is -2.15. The molecule has 0 radical (unpaired) electrons. The summed E-state index contributed by atoms with van der Waals surface area (Å²) in [5.41, 5.74) is 4.01. The maximum atomic E-state index is 12.3. The largest absolute Gasteiger partial charge is 0.349 e. The third kappa shape index (κ3) is 3.81. The van der Waals surface area contributed by atoms with Crippen LogP contribution in [0.15, 0.2) is 47.3 Å². The van der Waals surface area contributed by atoms with E-state index in [1.807, 2.05) is 30.3 Å². The molecular formula is C20H21N5O2. The first-order valence-corrected chi connectivity index (χ1v) is 9.19. The van der Waals surface area contributed by atoms with Crippen LogP contribution in [0, 0.1) is 0 Å². The highest BCUT2D eigenvalue weighted by Crippen LogP contribution is 2.17. The van der Waals surface area contributed by atoms with Gasteiger partial charge < -0.3 is 5.32 Å². The van der Waals surface area contributed by atoms with Gasteiger partial charge in [0.1, 0.15) is 5.69 Å². The zero-order valence-electron chi connectivity index (χ0n) is 14.9. The van der Waals surface area contributed by atoms with Gasteiger partial charge in [-0.15, -0.1) is 0 Å². The Morgan fingerprint density at radius 3 is 2.81 bits per heavy atom. The topological polar surface area (TPSA) is 92.7 Å². The Morgan fingerprint density at radius 1 is 1.15 bits per heavy atom. The molecule has 138 valence electrons. The smallest absolute Gasteiger partial charge is 0.269 e. The Labute approximate surface area is 156 Å². The molecule has 1 aromatic carbocycles. The summed E-state index contributed by atoms with van der Waals surface area (Å²) in [7, 11) is 0. The standard InChI is InChI=1S/C20H21N5O2/c26-19-12-15-8-4-5-9-16(15)24-25(19)11-10-21-20(27)18-13-17(22-23-18)14-6-2-1-3-7-14/h1-3,6-7,12-13H,4-5,8-11H2,(H,21,27)(H,22,23). The summed E-state index contributed by atoms with van der Waals surface area (Å²) in [6.07, 6.45) is 4.07. The molecule has 1 aliphatic rings. The minimum absolute atomic E-state index is 0.113. The van der Waals surface area contributed by atoms with Gasteiger partial charge in [-0.05, 0) is 37.3 Å². The molecular weight excluding hydrogens is 342 g/mol. The molecule has 0 bridgehead atoms. The van der Waals surface area contributed by atoms with Crippen LogP contribution < -0.4 is 10.9 Å². The molecule has 0 fully saturated rings. The van der Waals surface area contributed by atoms with E-state index < -0.39 is 0 Å². The number of aryl methyl sites for hydroxylation is 2. The first-order valence-electron chi connectivity index (χ1n) is 9.19. The Balaban J connectivity index is 1.38. The van der Waals surface area contributed by atoms with Crippen LogP contribution in [-0.4, -0.2) is 32.4 Å². The second-order valence-corrected chi connectivity index (χ2v) is 6.67. The van der Waals surface area contributed by atoms with Crippen LogP contribution >= 0.6 is 0 Å². The predicted molar refractivity (Wildman–Crippen MR) is 101 cm³/mol. The molecule has 0 spiro atoms. The number of hydrogen-bond acceptors (Lipinski definition) is 4. The fourth-order valence-electron chi connectivity index (χ4n) is 3.33. The number of hydrogen-bond donors (Lipinski definition) is 2. The highest BCUT2D eigenvalue weighted by atomic mass is 16.2. The lowest BCUT2D eigenvalue weighted by atomic mass is 9.97. The van der Waals surface area contributed by atoms with Crippen molar-refractivity contribution in [1.29, 1.82) is 0 Å². The van der Waals surface area contributed by atoms with Gasteiger partial charge in [-0.1, -0.05) is 30.3 Å². The monoisotopic (exact) mass is 363 g/mol.